The fourth-order valence-corrected chi connectivity index (χ4v) is 4.70. The minimum atomic E-state index is -1.02. The molecule has 1 atom stereocenters. The zero-order chi connectivity index (χ0) is 22.7. The number of benzene rings is 3. The maximum absolute atomic E-state index is 12.5. The average Bonchev–Trinajstić information content (AvgIpc) is 3.16. The van der Waals surface area contributed by atoms with Gasteiger partial charge in [-0.25, -0.2) is 4.79 Å². The smallest absolute Gasteiger partial charge is 0.335 e. The Bertz CT molecular complexity index is 1150. The van der Waals surface area contributed by atoms with Crippen LogP contribution in [-0.2, 0) is 11.3 Å². The fraction of sp³-hybridized carbons (Fsp3) is 0.125. The molecule has 2 amide bonds. The molecule has 4 rings (SSSR count). The van der Waals surface area contributed by atoms with E-state index in [1.807, 2.05) is 41.3 Å². The molecule has 0 unspecified atom stereocenters. The SMILES string of the molecule is O=C(O)c1ccc(NC(=O)c2ccc([C@H]3SCC(=O)N3Cc3ccc(Cl)cc3)cc2)cc1. The number of anilines is 1. The summed E-state index contributed by atoms with van der Waals surface area (Å²) in [5.74, 6) is -0.839. The second kappa shape index (κ2) is 9.46. The number of rotatable bonds is 6. The lowest BCUT2D eigenvalue weighted by Crippen LogP contribution is -2.27. The molecule has 0 spiro atoms. The van der Waals surface area contributed by atoms with Crippen molar-refractivity contribution in [2.24, 2.45) is 0 Å². The Morgan fingerprint density at radius 1 is 0.969 bits per heavy atom. The van der Waals surface area contributed by atoms with Crippen molar-refractivity contribution >= 4 is 46.8 Å². The number of carbonyl (C=O) groups excluding carboxylic acids is 2. The van der Waals surface area contributed by atoms with Gasteiger partial charge in [-0.1, -0.05) is 35.9 Å². The Morgan fingerprint density at radius 3 is 2.22 bits per heavy atom. The molecule has 3 aromatic rings. The van der Waals surface area contributed by atoms with Crippen molar-refractivity contribution in [3.05, 3.63) is 100 Å². The van der Waals surface area contributed by atoms with Crippen LogP contribution in [0.2, 0.25) is 5.02 Å². The lowest BCUT2D eigenvalue weighted by atomic mass is 10.1. The first kappa shape index (κ1) is 21.9. The highest BCUT2D eigenvalue weighted by Gasteiger charge is 2.32. The summed E-state index contributed by atoms with van der Waals surface area (Å²) in [4.78, 5) is 37.8. The number of thioether (sulfide) groups is 1. The molecule has 6 nitrogen and oxygen atoms in total. The summed E-state index contributed by atoms with van der Waals surface area (Å²) in [5, 5.41) is 12.2. The summed E-state index contributed by atoms with van der Waals surface area (Å²) in [6, 6.07) is 20.6. The number of nitrogens with one attached hydrogen (secondary N) is 1. The van der Waals surface area contributed by atoms with Crippen LogP contribution in [0.4, 0.5) is 5.69 Å². The number of carboxylic acid groups (broad SMARTS) is 1. The minimum absolute atomic E-state index is 0.0709. The number of hydrogen-bond donors (Lipinski definition) is 2. The minimum Gasteiger partial charge on any atom is -0.478 e. The van der Waals surface area contributed by atoms with Gasteiger partial charge in [-0.15, -0.1) is 11.8 Å². The van der Waals surface area contributed by atoms with E-state index in [4.69, 9.17) is 16.7 Å². The third kappa shape index (κ3) is 4.95. The maximum atomic E-state index is 12.5. The van der Waals surface area contributed by atoms with Gasteiger partial charge in [0.1, 0.15) is 5.37 Å². The van der Waals surface area contributed by atoms with Gasteiger partial charge in [0.15, 0.2) is 0 Å². The molecule has 1 saturated heterocycles. The number of halogens is 1. The van der Waals surface area contributed by atoms with Gasteiger partial charge >= 0.3 is 5.97 Å². The summed E-state index contributed by atoms with van der Waals surface area (Å²) < 4.78 is 0. The molecule has 1 aliphatic rings. The first-order valence-electron chi connectivity index (χ1n) is 9.81. The predicted octanol–water partition coefficient (Wildman–Crippen LogP) is 5.06. The summed E-state index contributed by atoms with van der Waals surface area (Å²) in [6.07, 6.45) is 0. The van der Waals surface area contributed by atoms with Crippen LogP contribution < -0.4 is 5.32 Å². The van der Waals surface area contributed by atoms with Gasteiger partial charge in [-0.3, -0.25) is 9.59 Å². The normalized spacial score (nSPS) is 15.6. The van der Waals surface area contributed by atoms with Crippen LogP contribution in [0.25, 0.3) is 0 Å². The van der Waals surface area contributed by atoms with Gasteiger partial charge < -0.3 is 15.3 Å². The highest BCUT2D eigenvalue weighted by Crippen LogP contribution is 2.39. The maximum Gasteiger partial charge on any atom is 0.335 e. The Hall–Kier alpha value is -3.29. The zero-order valence-electron chi connectivity index (χ0n) is 16.8. The Morgan fingerprint density at radius 2 is 1.59 bits per heavy atom. The number of carboxylic acids is 1. The molecule has 0 saturated carbocycles. The number of hydrogen-bond acceptors (Lipinski definition) is 4. The second-order valence-corrected chi connectivity index (χ2v) is 8.78. The third-order valence-electron chi connectivity index (χ3n) is 5.08. The van der Waals surface area contributed by atoms with Crippen LogP contribution >= 0.6 is 23.4 Å². The van der Waals surface area contributed by atoms with Crippen molar-refractivity contribution in [2.45, 2.75) is 11.9 Å². The van der Waals surface area contributed by atoms with E-state index in [0.717, 1.165) is 11.1 Å². The number of carbonyl (C=O) groups is 3. The van der Waals surface area contributed by atoms with Gasteiger partial charge in [-0.05, 0) is 59.7 Å². The predicted molar refractivity (Wildman–Crippen MR) is 125 cm³/mol. The van der Waals surface area contributed by atoms with E-state index in [2.05, 4.69) is 5.32 Å². The van der Waals surface area contributed by atoms with Crippen molar-refractivity contribution in [2.75, 3.05) is 11.1 Å². The lowest BCUT2D eigenvalue weighted by Gasteiger charge is -2.24. The van der Waals surface area contributed by atoms with Crippen molar-refractivity contribution in [1.29, 1.82) is 0 Å². The summed E-state index contributed by atoms with van der Waals surface area (Å²) in [6.45, 7) is 0.488. The molecule has 1 fully saturated rings. The van der Waals surface area contributed by atoms with E-state index in [0.29, 0.717) is 28.6 Å². The van der Waals surface area contributed by atoms with E-state index < -0.39 is 5.97 Å². The highest BCUT2D eigenvalue weighted by molar-refractivity contribution is 8.00. The molecular formula is C24H19ClN2O4S. The first-order valence-corrected chi connectivity index (χ1v) is 11.2. The largest absolute Gasteiger partial charge is 0.478 e. The van der Waals surface area contributed by atoms with E-state index in [9.17, 15) is 14.4 Å². The van der Waals surface area contributed by atoms with E-state index in [1.165, 1.54) is 12.1 Å². The number of amides is 2. The monoisotopic (exact) mass is 466 g/mol. The van der Waals surface area contributed by atoms with Crippen LogP contribution in [0.3, 0.4) is 0 Å². The number of aromatic carboxylic acids is 1. The first-order chi connectivity index (χ1) is 15.4. The summed E-state index contributed by atoms with van der Waals surface area (Å²) in [7, 11) is 0. The van der Waals surface area contributed by atoms with Crippen LogP contribution in [0.15, 0.2) is 72.8 Å². The van der Waals surface area contributed by atoms with Gasteiger partial charge in [0.2, 0.25) is 5.91 Å². The Labute approximate surface area is 194 Å². The van der Waals surface area contributed by atoms with Crippen LogP contribution in [-0.4, -0.2) is 33.5 Å². The lowest BCUT2D eigenvalue weighted by molar-refractivity contribution is -0.128. The molecule has 2 N–H and O–H groups in total. The van der Waals surface area contributed by atoms with Crippen molar-refractivity contribution in [3.8, 4) is 0 Å². The van der Waals surface area contributed by atoms with E-state index >= 15 is 0 Å². The van der Waals surface area contributed by atoms with Gasteiger partial charge in [0.05, 0.1) is 11.3 Å². The van der Waals surface area contributed by atoms with Crippen LogP contribution in [0, 0.1) is 0 Å². The number of nitrogens with zero attached hydrogens (tertiary/aromatic N) is 1. The van der Waals surface area contributed by atoms with Crippen molar-refractivity contribution in [1.82, 2.24) is 4.90 Å². The van der Waals surface area contributed by atoms with Crippen molar-refractivity contribution < 1.29 is 19.5 Å². The van der Waals surface area contributed by atoms with Gasteiger partial charge in [0, 0.05) is 22.8 Å². The topological polar surface area (TPSA) is 86.7 Å². The van der Waals surface area contributed by atoms with E-state index in [1.54, 1.807) is 36.0 Å². The molecule has 0 aliphatic carbocycles. The van der Waals surface area contributed by atoms with Gasteiger partial charge in [-0.2, -0.15) is 0 Å². The highest BCUT2D eigenvalue weighted by atomic mass is 35.5. The Kier molecular flexibility index (Phi) is 6.48. The van der Waals surface area contributed by atoms with Crippen LogP contribution in [0.5, 0.6) is 0 Å². The molecular weight excluding hydrogens is 448 g/mol. The molecule has 1 aliphatic heterocycles. The molecule has 0 radical (unpaired) electrons. The molecule has 0 bridgehead atoms. The fourth-order valence-electron chi connectivity index (χ4n) is 3.39. The molecule has 3 aromatic carbocycles. The Balaban J connectivity index is 1.44. The molecule has 8 heteroatoms. The quantitative estimate of drug-likeness (QED) is 0.530. The second-order valence-electron chi connectivity index (χ2n) is 7.27. The van der Waals surface area contributed by atoms with Crippen molar-refractivity contribution in [3.63, 3.8) is 0 Å². The van der Waals surface area contributed by atoms with Crippen LogP contribution in [0.1, 0.15) is 37.2 Å². The molecule has 162 valence electrons. The summed E-state index contributed by atoms with van der Waals surface area (Å²) in [5.41, 5.74) is 3.07. The standard InChI is InChI=1S/C24H19ClN2O4S/c25-19-9-1-15(2-10-19)13-27-21(28)14-32-23(27)17-5-3-16(4-6-17)22(29)26-20-11-7-18(8-12-20)24(30)31/h1-12,23H,13-14H2,(H,26,29)(H,30,31)/t23-/m1/s1. The summed E-state index contributed by atoms with van der Waals surface area (Å²) >= 11 is 7.51. The third-order valence-corrected chi connectivity index (χ3v) is 6.59. The molecule has 1 heterocycles. The zero-order valence-corrected chi connectivity index (χ0v) is 18.4. The van der Waals surface area contributed by atoms with E-state index in [-0.39, 0.29) is 22.8 Å². The average molecular weight is 467 g/mol. The van der Waals surface area contributed by atoms with Gasteiger partial charge in [0.25, 0.3) is 5.91 Å². The molecule has 0 aromatic heterocycles. The molecule has 32 heavy (non-hydrogen) atoms.